The number of amides is 1. The van der Waals surface area contributed by atoms with Crippen LogP contribution in [0.5, 0.6) is 0 Å². The van der Waals surface area contributed by atoms with E-state index in [4.69, 9.17) is 0 Å². The average Bonchev–Trinajstić information content (AvgIpc) is 2.48. The van der Waals surface area contributed by atoms with Crippen molar-refractivity contribution in [3.8, 4) is 0 Å². The van der Waals surface area contributed by atoms with Gasteiger partial charge in [0, 0.05) is 22.4 Å². The molecule has 0 saturated heterocycles. The maximum Gasteiger partial charge on any atom is 0.274 e. The van der Waals surface area contributed by atoms with E-state index in [2.05, 4.69) is 43.5 Å². The first-order chi connectivity index (χ1) is 10.5. The fourth-order valence-corrected chi connectivity index (χ4v) is 2.25. The van der Waals surface area contributed by atoms with E-state index < -0.39 is 0 Å². The van der Waals surface area contributed by atoms with E-state index in [1.807, 2.05) is 32.0 Å². The standard InChI is InChI=1S/C16H19BrN4O/c1-4-7-18-16-19-11(3)8-14(21-16)15(22)20-12-6-5-10(2)13(17)9-12/h5-6,8-9H,4,7H2,1-3H3,(H,20,22)(H,18,19,21). The van der Waals surface area contributed by atoms with E-state index >= 15 is 0 Å². The highest BCUT2D eigenvalue weighted by molar-refractivity contribution is 9.10. The third kappa shape index (κ3) is 4.27. The van der Waals surface area contributed by atoms with Crippen LogP contribution in [0.3, 0.4) is 0 Å². The smallest absolute Gasteiger partial charge is 0.274 e. The van der Waals surface area contributed by atoms with Gasteiger partial charge in [0.2, 0.25) is 5.95 Å². The highest BCUT2D eigenvalue weighted by Crippen LogP contribution is 2.21. The Bertz CT molecular complexity index is 688. The average molecular weight is 363 g/mol. The number of nitrogens with zero attached hydrogens (tertiary/aromatic N) is 2. The predicted octanol–water partition coefficient (Wildman–Crippen LogP) is 3.93. The first-order valence-electron chi connectivity index (χ1n) is 7.16. The molecule has 0 atom stereocenters. The minimum Gasteiger partial charge on any atom is -0.354 e. The van der Waals surface area contributed by atoms with Crippen molar-refractivity contribution in [2.24, 2.45) is 0 Å². The molecular weight excluding hydrogens is 344 g/mol. The molecule has 116 valence electrons. The van der Waals surface area contributed by atoms with Crippen LogP contribution in [0.25, 0.3) is 0 Å². The monoisotopic (exact) mass is 362 g/mol. The van der Waals surface area contributed by atoms with E-state index in [0.29, 0.717) is 11.6 Å². The molecule has 1 heterocycles. The van der Waals surface area contributed by atoms with Gasteiger partial charge in [0.05, 0.1) is 0 Å². The molecule has 0 bridgehead atoms. The summed E-state index contributed by atoms with van der Waals surface area (Å²) < 4.78 is 0.953. The molecule has 0 radical (unpaired) electrons. The number of hydrogen-bond acceptors (Lipinski definition) is 4. The number of nitrogens with one attached hydrogen (secondary N) is 2. The molecule has 0 fully saturated rings. The van der Waals surface area contributed by atoms with Crippen LogP contribution in [0, 0.1) is 13.8 Å². The molecule has 0 aliphatic heterocycles. The van der Waals surface area contributed by atoms with Crippen molar-refractivity contribution in [3.63, 3.8) is 0 Å². The van der Waals surface area contributed by atoms with E-state index in [0.717, 1.165) is 34.4 Å². The van der Waals surface area contributed by atoms with Crippen LogP contribution in [0.1, 0.15) is 35.1 Å². The summed E-state index contributed by atoms with van der Waals surface area (Å²) in [7, 11) is 0. The lowest BCUT2D eigenvalue weighted by Crippen LogP contribution is -2.16. The number of benzene rings is 1. The van der Waals surface area contributed by atoms with Crippen molar-refractivity contribution in [1.29, 1.82) is 0 Å². The van der Waals surface area contributed by atoms with Gasteiger partial charge >= 0.3 is 0 Å². The zero-order valence-electron chi connectivity index (χ0n) is 12.9. The molecule has 2 N–H and O–H groups in total. The zero-order valence-corrected chi connectivity index (χ0v) is 14.5. The van der Waals surface area contributed by atoms with E-state index in [-0.39, 0.29) is 5.91 Å². The summed E-state index contributed by atoms with van der Waals surface area (Å²) in [5.74, 6) is 0.234. The van der Waals surface area contributed by atoms with Gasteiger partial charge in [-0.3, -0.25) is 4.79 Å². The van der Waals surface area contributed by atoms with E-state index in [1.54, 1.807) is 6.07 Å². The molecule has 6 heteroatoms. The molecular formula is C16H19BrN4O. The Morgan fingerprint density at radius 1 is 1.23 bits per heavy atom. The minimum atomic E-state index is -0.249. The van der Waals surface area contributed by atoms with Gasteiger partial charge in [-0.15, -0.1) is 0 Å². The summed E-state index contributed by atoms with van der Waals surface area (Å²) >= 11 is 3.46. The summed E-state index contributed by atoms with van der Waals surface area (Å²) in [6.45, 7) is 6.67. The Hall–Kier alpha value is -1.95. The molecule has 0 saturated carbocycles. The van der Waals surface area contributed by atoms with Gasteiger partial charge in [-0.05, 0) is 44.0 Å². The Morgan fingerprint density at radius 3 is 2.68 bits per heavy atom. The van der Waals surface area contributed by atoms with Gasteiger partial charge in [-0.25, -0.2) is 9.97 Å². The Morgan fingerprint density at radius 2 is 2.00 bits per heavy atom. The largest absolute Gasteiger partial charge is 0.354 e. The summed E-state index contributed by atoms with van der Waals surface area (Å²) in [5, 5.41) is 5.95. The van der Waals surface area contributed by atoms with E-state index in [9.17, 15) is 4.79 Å². The van der Waals surface area contributed by atoms with Crippen molar-refractivity contribution in [1.82, 2.24) is 9.97 Å². The van der Waals surface area contributed by atoms with Crippen LogP contribution in [-0.2, 0) is 0 Å². The van der Waals surface area contributed by atoms with Crippen LogP contribution in [-0.4, -0.2) is 22.4 Å². The molecule has 0 unspecified atom stereocenters. The Balaban J connectivity index is 2.17. The van der Waals surface area contributed by atoms with Gasteiger partial charge in [-0.2, -0.15) is 0 Å². The van der Waals surface area contributed by atoms with Gasteiger partial charge in [0.25, 0.3) is 5.91 Å². The summed E-state index contributed by atoms with van der Waals surface area (Å²) in [5.41, 5.74) is 2.94. The first kappa shape index (κ1) is 16.4. The van der Waals surface area contributed by atoms with Crippen LogP contribution in [0.4, 0.5) is 11.6 Å². The lowest BCUT2D eigenvalue weighted by molar-refractivity contribution is 0.102. The van der Waals surface area contributed by atoms with Gasteiger partial charge < -0.3 is 10.6 Å². The minimum absolute atomic E-state index is 0.249. The molecule has 0 spiro atoms. The molecule has 5 nitrogen and oxygen atoms in total. The molecule has 0 aliphatic rings. The third-order valence-electron chi connectivity index (χ3n) is 3.05. The van der Waals surface area contributed by atoms with Gasteiger partial charge in [0.1, 0.15) is 5.69 Å². The van der Waals surface area contributed by atoms with Crippen LogP contribution in [0.15, 0.2) is 28.7 Å². The lowest BCUT2D eigenvalue weighted by atomic mass is 10.2. The molecule has 1 amide bonds. The number of aromatic nitrogens is 2. The quantitative estimate of drug-likeness (QED) is 0.845. The normalized spacial score (nSPS) is 10.4. The second-order valence-corrected chi connectivity index (χ2v) is 5.92. The summed E-state index contributed by atoms with van der Waals surface area (Å²) in [6.07, 6.45) is 0.968. The number of carbonyl (C=O) groups is 1. The highest BCUT2D eigenvalue weighted by atomic mass is 79.9. The van der Waals surface area contributed by atoms with Gasteiger partial charge in [-0.1, -0.05) is 28.9 Å². The Kier molecular flexibility index (Phi) is 5.49. The number of hydrogen-bond donors (Lipinski definition) is 2. The van der Waals surface area contributed by atoms with Crippen molar-refractivity contribution in [3.05, 3.63) is 45.7 Å². The van der Waals surface area contributed by atoms with Gasteiger partial charge in [0.15, 0.2) is 0 Å². The number of anilines is 2. The third-order valence-corrected chi connectivity index (χ3v) is 3.90. The maximum absolute atomic E-state index is 12.3. The molecule has 2 rings (SSSR count). The van der Waals surface area contributed by atoms with Crippen LogP contribution >= 0.6 is 15.9 Å². The summed E-state index contributed by atoms with van der Waals surface area (Å²) in [4.78, 5) is 20.9. The molecule has 1 aromatic carbocycles. The first-order valence-corrected chi connectivity index (χ1v) is 7.96. The zero-order chi connectivity index (χ0) is 16.1. The summed E-state index contributed by atoms with van der Waals surface area (Å²) in [6, 6.07) is 7.36. The van der Waals surface area contributed by atoms with Crippen molar-refractivity contribution in [2.45, 2.75) is 27.2 Å². The van der Waals surface area contributed by atoms with Crippen LogP contribution < -0.4 is 10.6 Å². The number of aryl methyl sites for hydroxylation is 2. The highest BCUT2D eigenvalue weighted by Gasteiger charge is 2.11. The number of halogens is 1. The Labute approximate surface area is 138 Å². The SMILES string of the molecule is CCCNc1nc(C)cc(C(=O)Nc2ccc(C)c(Br)c2)n1. The molecule has 0 aliphatic carbocycles. The van der Waals surface area contributed by atoms with Crippen molar-refractivity contribution in [2.75, 3.05) is 17.2 Å². The second-order valence-electron chi connectivity index (χ2n) is 5.06. The lowest BCUT2D eigenvalue weighted by Gasteiger charge is -2.09. The molecule has 22 heavy (non-hydrogen) atoms. The van der Waals surface area contributed by atoms with Crippen molar-refractivity contribution < 1.29 is 4.79 Å². The fourth-order valence-electron chi connectivity index (χ4n) is 1.87. The second kappa shape index (κ2) is 7.35. The van der Waals surface area contributed by atoms with E-state index in [1.165, 1.54) is 0 Å². The molecule has 1 aromatic heterocycles. The number of carbonyl (C=O) groups excluding carboxylic acids is 1. The number of rotatable bonds is 5. The maximum atomic E-state index is 12.3. The fraction of sp³-hybridized carbons (Fsp3) is 0.312. The van der Waals surface area contributed by atoms with Crippen molar-refractivity contribution >= 4 is 33.5 Å². The molecule has 2 aromatic rings. The topological polar surface area (TPSA) is 66.9 Å². The predicted molar refractivity (Wildman–Crippen MR) is 92.4 cm³/mol. The van der Waals surface area contributed by atoms with Crippen LogP contribution in [0.2, 0.25) is 0 Å².